The summed E-state index contributed by atoms with van der Waals surface area (Å²) in [6, 6.07) is 0. The number of hydrogen-bond acceptors (Lipinski definition) is 3. The predicted molar refractivity (Wildman–Crippen MR) is 44.6 cm³/mol. The standard InChI is InChI=1S/C9H16O3/c1-4-12-7(10)9(5-6-9)8(2,3)11/h11H,4-6H2,1-3H3. The van der Waals surface area contributed by atoms with Gasteiger partial charge in [0.2, 0.25) is 0 Å². The van der Waals surface area contributed by atoms with Gasteiger partial charge in [-0.15, -0.1) is 0 Å². The molecule has 3 nitrogen and oxygen atoms in total. The number of carbonyl (C=O) groups excluding carboxylic acids is 1. The summed E-state index contributed by atoms with van der Waals surface area (Å²) in [5.74, 6) is -0.252. The molecule has 1 rings (SSSR count). The first-order valence-electron chi connectivity index (χ1n) is 4.33. The van der Waals surface area contributed by atoms with E-state index < -0.39 is 11.0 Å². The van der Waals surface area contributed by atoms with E-state index in [0.29, 0.717) is 6.61 Å². The Balaban J connectivity index is 2.67. The molecule has 3 heteroatoms. The highest BCUT2D eigenvalue weighted by Gasteiger charge is 2.60. The fourth-order valence-corrected chi connectivity index (χ4v) is 1.46. The maximum atomic E-state index is 11.4. The molecule has 0 amide bonds. The van der Waals surface area contributed by atoms with Crippen molar-refractivity contribution >= 4 is 5.97 Å². The van der Waals surface area contributed by atoms with E-state index in [2.05, 4.69) is 0 Å². The minimum Gasteiger partial charge on any atom is -0.465 e. The maximum Gasteiger partial charge on any atom is 0.314 e. The van der Waals surface area contributed by atoms with Gasteiger partial charge in [0.25, 0.3) is 0 Å². The summed E-state index contributed by atoms with van der Waals surface area (Å²) in [4.78, 5) is 11.4. The molecule has 0 aromatic heterocycles. The Kier molecular flexibility index (Phi) is 2.17. The molecular weight excluding hydrogens is 156 g/mol. The van der Waals surface area contributed by atoms with Crippen LogP contribution in [0.1, 0.15) is 33.6 Å². The molecule has 70 valence electrons. The number of carbonyl (C=O) groups is 1. The third-order valence-electron chi connectivity index (χ3n) is 2.59. The fourth-order valence-electron chi connectivity index (χ4n) is 1.46. The van der Waals surface area contributed by atoms with Gasteiger partial charge in [-0.05, 0) is 33.6 Å². The Labute approximate surface area is 72.7 Å². The summed E-state index contributed by atoms with van der Waals surface area (Å²) < 4.78 is 4.90. The quantitative estimate of drug-likeness (QED) is 0.648. The Hall–Kier alpha value is -0.570. The molecule has 0 radical (unpaired) electrons. The molecule has 1 N–H and O–H groups in total. The Morgan fingerprint density at radius 2 is 2.08 bits per heavy atom. The number of ether oxygens (including phenoxy) is 1. The summed E-state index contributed by atoms with van der Waals surface area (Å²) in [6.45, 7) is 5.49. The Morgan fingerprint density at radius 3 is 2.33 bits per heavy atom. The summed E-state index contributed by atoms with van der Waals surface area (Å²) >= 11 is 0. The maximum absolute atomic E-state index is 11.4. The van der Waals surface area contributed by atoms with Gasteiger partial charge in [0.05, 0.1) is 17.6 Å². The van der Waals surface area contributed by atoms with Crippen molar-refractivity contribution in [2.45, 2.75) is 39.2 Å². The van der Waals surface area contributed by atoms with Crippen molar-refractivity contribution in [3.05, 3.63) is 0 Å². The van der Waals surface area contributed by atoms with E-state index in [1.54, 1.807) is 20.8 Å². The van der Waals surface area contributed by atoms with Crippen LogP contribution in [0.25, 0.3) is 0 Å². The average Bonchev–Trinajstić information content (AvgIpc) is 2.63. The van der Waals surface area contributed by atoms with Crippen LogP contribution in [0.3, 0.4) is 0 Å². The van der Waals surface area contributed by atoms with E-state index in [4.69, 9.17) is 4.74 Å². The normalized spacial score (nSPS) is 20.3. The molecule has 1 saturated carbocycles. The molecule has 12 heavy (non-hydrogen) atoms. The largest absolute Gasteiger partial charge is 0.465 e. The SMILES string of the molecule is CCOC(=O)C1(C(C)(C)O)CC1. The van der Waals surface area contributed by atoms with Gasteiger partial charge in [-0.25, -0.2) is 0 Å². The van der Waals surface area contributed by atoms with E-state index in [-0.39, 0.29) is 5.97 Å². The van der Waals surface area contributed by atoms with Crippen LogP contribution in [0.15, 0.2) is 0 Å². The third-order valence-corrected chi connectivity index (χ3v) is 2.59. The van der Waals surface area contributed by atoms with E-state index in [1.165, 1.54) is 0 Å². The monoisotopic (exact) mass is 172 g/mol. The number of rotatable bonds is 3. The van der Waals surface area contributed by atoms with E-state index in [0.717, 1.165) is 12.8 Å². The first-order chi connectivity index (χ1) is 5.44. The van der Waals surface area contributed by atoms with Gasteiger partial charge in [0.15, 0.2) is 0 Å². The average molecular weight is 172 g/mol. The molecule has 0 heterocycles. The lowest BCUT2D eigenvalue weighted by molar-refractivity contribution is -0.159. The van der Waals surface area contributed by atoms with Gasteiger partial charge < -0.3 is 9.84 Å². The van der Waals surface area contributed by atoms with Crippen molar-refractivity contribution < 1.29 is 14.6 Å². The lowest BCUT2D eigenvalue weighted by Gasteiger charge is -2.26. The predicted octanol–water partition coefficient (Wildman–Crippen LogP) is 1.10. The van der Waals surface area contributed by atoms with Gasteiger partial charge >= 0.3 is 5.97 Å². The van der Waals surface area contributed by atoms with Crippen LogP contribution in [0, 0.1) is 5.41 Å². The van der Waals surface area contributed by atoms with Crippen LogP contribution in [0.4, 0.5) is 0 Å². The molecular formula is C9H16O3. The van der Waals surface area contributed by atoms with Crippen LogP contribution < -0.4 is 0 Å². The zero-order chi connectivity index (χ0) is 9.41. The van der Waals surface area contributed by atoms with Gasteiger partial charge in [0, 0.05) is 0 Å². The number of aliphatic hydroxyl groups is 1. The zero-order valence-corrected chi connectivity index (χ0v) is 7.89. The van der Waals surface area contributed by atoms with Crippen molar-refractivity contribution in [2.75, 3.05) is 6.61 Å². The van der Waals surface area contributed by atoms with Crippen LogP contribution in [0.2, 0.25) is 0 Å². The van der Waals surface area contributed by atoms with Crippen molar-refractivity contribution in [2.24, 2.45) is 5.41 Å². The molecule has 0 spiro atoms. The highest BCUT2D eigenvalue weighted by molar-refractivity contribution is 5.81. The first kappa shape index (κ1) is 9.52. The van der Waals surface area contributed by atoms with Crippen LogP contribution in [-0.4, -0.2) is 23.3 Å². The number of esters is 1. The lowest BCUT2D eigenvalue weighted by atomic mass is 9.88. The summed E-state index contributed by atoms with van der Waals surface area (Å²) in [5, 5.41) is 9.70. The zero-order valence-electron chi connectivity index (χ0n) is 7.89. The van der Waals surface area contributed by atoms with Crippen molar-refractivity contribution in [3.8, 4) is 0 Å². The molecule has 0 saturated heterocycles. The number of hydrogen-bond donors (Lipinski definition) is 1. The highest BCUT2D eigenvalue weighted by atomic mass is 16.5. The Bertz CT molecular complexity index is 186. The van der Waals surface area contributed by atoms with Gasteiger partial charge in [-0.1, -0.05) is 0 Å². The van der Waals surface area contributed by atoms with Gasteiger partial charge in [0.1, 0.15) is 0 Å². The summed E-state index contributed by atoms with van der Waals surface area (Å²) in [5.41, 5.74) is -1.55. The highest BCUT2D eigenvalue weighted by Crippen LogP contribution is 2.54. The third kappa shape index (κ3) is 1.33. The second-order valence-corrected chi connectivity index (χ2v) is 3.86. The second kappa shape index (κ2) is 2.73. The smallest absolute Gasteiger partial charge is 0.314 e. The Morgan fingerprint density at radius 1 is 1.58 bits per heavy atom. The van der Waals surface area contributed by atoms with Crippen LogP contribution in [0.5, 0.6) is 0 Å². The molecule has 0 aromatic rings. The fraction of sp³-hybridized carbons (Fsp3) is 0.889. The summed E-state index contributed by atoms with van der Waals surface area (Å²) in [7, 11) is 0. The minimum absolute atomic E-state index is 0.252. The van der Waals surface area contributed by atoms with Crippen molar-refractivity contribution in [1.82, 2.24) is 0 Å². The van der Waals surface area contributed by atoms with Crippen LogP contribution in [-0.2, 0) is 9.53 Å². The lowest BCUT2D eigenvalue weighted by Crippen LogP contribution is -2.39. The topological polar surface area (TPSA) is 46.5 Å². The second-order valence-electron chi connectivity index (χ2n) is 3.86. The van der Waals surface area contributed by atoms with Crippen molar-refractivity contribution in [1.29, 1.82) is 0 Å². The molecule has 1 aliphatic rings. The van der Waals surface area contributed by atoms with Crippen LogP contribution >= 0.6 is 0 Å². The van der Waals surface area contributed by atoms with Gasteiger partial charge in [-0.3, -0.25) is 4.79 Å². The molecule has 0 bridgehead atoms. The van der Waals surface area contributed by atoms with E-state index in [1.807, 2.05) is 0 Å². The molecule has 0 aromatic carbocycles. The molecule has 1 fully saturated rings. The first-order valence-corrected chi connectivity index (χ1v) is 4.33. The van der Waals surface area contributed by atoms with E-state index in [9.17, 15) is 9.90 Å². The van der Waals surface area contributed by atoms with Gasteiger partial charge in [-0.2, -0.15) is 0 Å². The molecule has 0 atom stereocenters. The summed E-state index contributed by atoms with van der Waals surface area (Å²) in [6.07, 6.45) is 1.49. The molecule has 1 aliphatic carbocycles. The van der Waals surface area contributed by atoms with E-state index >= 15 is 0 Å². The molecule has 0 aliphatic heterocycles. The van der Waals surface area contributed by atoms with Crippen molar-refractivity contribution in [3.63, 3.8) is 0 Å². The molecule has 0 unspecified atom stereocenters. The minimum atomic E-state index is -0.945.